The highest BCUT2D eigenvalue weighted by Gasteiger charge is 2.67. The zero-order chi connectivity index (χ0) is 78.0. The van der Waals surface area contributed by atoms with Crippen LogP contribution in [0.5, 0.6) is 23.0 Å². The molecule has 3 saturated carbocycles. The zero-order valence-electron chi connectivity index (χ0n) is 63.4. The smallest absolute Gasteiger partial charge is 0.408 e. The SMILES string of the molecule is CCCC(NC(=O)[C@@H]1C[C@@H](Oc2cc(-c3ccccc3)nc3cc(OC)ccc23)CN1C(=O)[C@@H](NC(=O)OC1CCCC1)C(C)(C)C)P(=O)(O)O.CCOP(=O)(O)[C@@]12C[C@H]1/C=C\CCCCC[C@H](NC(=O)OC1CCCC1)C(=O)N1C[C@H](Oc3cc(-c4csc(NC(C)C)n4)nc4cc(OC)ccc34)C[C@H]1C(=O)N2. The van der Waals surface area contributed by atoms with Crippen LogP contribution in [0.3, 0.4) is 0 Å². The van der Waals surface area contributed by atoms with E-state index in [4.69, 9.17) is 47.9 Å². The Labute approximate surface area is 640 Å². The number of thiazole rings is 1. The summed E-state index contributed by atoms with van der Waals surface area (Å²) in [6, 6.07) is 20.0. The number of anilines is 1. The van der Waals surface area contributed by atoms with Gasteiger partial charge in [0.2, 0.25) is 23.6 Å². The second kappa shape index (κ2) is 35.7. The summed E-state index contributed by atoms with van der Waals surface area (Å²) in [6.45, 7) is 12.8. The Morgan fingerprint density at radius 3 is 1.92 bits per heavy atom. The first-order valence-corrected chi connectivity index (χ1v) is 42.2. The number of carbonyl (C=O) groups is 6. The van der Waals surface area contributed by atoms with Gasteiger partial charge in [-0.25, -0.2) is 24.5 Å². The van der Waals surface area contributed by atoms with Crippen molar-refractivity contribution in [2.75, 3.05) is 39.2 Å². The Bertz CT molecular complexity index is 4350. The van der Waals surface area contributed by atoms with Crippen LogP contribution in [0, 0.1) is 11.3 Å². The summed E-state index contributed by atoms with van der Waals surface area (Å²) in [4.78, 5) is 132. The number of hydrogen-bond donors (Lipinski definition) is 8. The third-order valence-electron chi connectivity index (χ3n) is 20.7. The topological polar surface area (TPSA) is 367 Å². The molecule has 0 spiro atoms. The average Bonchev–Trinajstić information content (AvgIpc) is 1.56. The number of fused-ring (bicyclic) bond motifs is 4. The Balaban J connectivity index is 0.000000218. The Kier molecular flexibility index (Phi) is 26.7. The molecule has 6 aromatic rings. The number of rotatable bonds is 23. The van der Waals surface area contributed by atoms with E-state index in [1.54, 1.807) is 61.0 Å². The number of alkyl carbamates (subject to hydrolysis) is 2. The molecule has 2 unspecified atom stereocenters. The number of benzene rings is 3. The highest BCUT2D eigenvalue weighted by molar-refractivity contribution is 7.55. The first-order chi connectivity index (χ1) is 52.1. The van der Waals surface area contributed by atoms with Gasteiger partial charge in [-0.2, -0.15) is 0 Å². The molecule has 10 atom stereocenters. The van der Waals surface area contributed by atoms with Crippen molar-refractivity contribution in [3.05, 3.63) is 96.4 Å². The first kappa shape index (κ1) is 81.6. The largest absolute Gasteiger partial charge is 0.497 e. The summed E-state index contributed by atoms with van der Waals surface area (Å²) in [5, 5.41) is 16.9. The monoisotopic (exact) mass is 1560 g/mol. The minimum Gasteiger partial charge on any atom is -0.497 e. The molecule has 6 amide bonds. The van der Waals surface area contributed by atoms with E-state index in [1.807, 2.05) is 98.1 Å². The number of carbonyl (C=O) groups excluding carboxylic acids is 6. The van der Waals surface area contributed by atoms with Crippen LogP contribution in [-0.4, -0.2) is 175 Å². The van der Waals surface area contributed by atoms with Crippen molar-refractivity contribution in [2.45, 2.75) is 230 Å². The van der Waals surface area contributed by atoms with Gasteiger partial charge >= 0.3 is 27.4 Å². The zero-order valence-corrected chi connectivity index (χ0v) is 66.0. The number of pyridine rings is 2. The molecular weight excluding hydrogens is 1460 g/mol. The lowest BCUT2D eigenvalue weighted by Gasteiger charge is -2.35. The van der Waals surface area contributed by atoms with Crippen LogP contribution in [0.2, 0.25) is 0 Å². The molecule has 3 aromatic carbocycles. The van der Waals surface area contributed by atoms with Crippen molar-refractivity contribution in [3.63, 3.8) is 0 Å². The van der Waals surface area contributed by atoms with Gasteiger partial charge in [0.1, 0.15) is 88.3 Å². The lowest BCUT2D eigenvalue weighted by molar-refractivity contribution is -0.142. The molecule has 2 saturated heterocycles. The fraction of sp³-hybridized carbons (Fsp3) is 0.551. The molecule has 5 fully saturated rings. The molecular formula is C78H104N10O18P2S. The maximum Gasteiger partial charge on any atom is 0.408 e. The molecule has 0 bridgehead atoms. The molecule has 3 aliphatic heterocycles. The third-order valence-corrected chi connectivity index (χ3v) is 25.0. The van der Waals surface area contributed by atoms with E-state index in [2.05, 4.69) is 26.6 Å². The van der Waals surface area contributed by atoms with Gasteiger partial charge in [0, 0.05) is 70.8 Å². The molecule has 8 N–H and O–H groups in total. The van der Waals surface area contributed by atoms with Gasteiger partial charge in [0.25, 0.3) is 0 Å². The molecule has 3 aromatic heterocycles. The van der Waals surface area contributed by atoms with Crippen LogP contribution in [0.15, 0.2) is 96.4 Å². The number of ether oxygens (including phenoxy) is 6. The van der Waals surface area contributed by atoms with Gasteiger partial charge in [-0.3, -0.25) is 28.3 Å². The molecule has 6 aliphatic rings. The molecule has 109 heavy (non-hydrogen) atoms. The standard InChI is InChI=1S/C41H55N6O9PS.C37H49N4O9P/c1-5-54-57(51,52)41-22-26(41)13-9-7-6-8-10-16-31(45-40(50)56-27-14-11-12-15-27)38(49)47-23-29(20-35(47)37(48)46-41)55-36-21-33(34-24-58-39(44-34)42-25(2)3)43-32-19-28(53-4)17-18-30(32)36;1-6-12-32(51(45,46)47)39-34(42)30-20-26(22-41(30)35(43)33(37(2,3)4)40-36(44)50-24-15-10-11-16-24)49-31-21-28(23-13-8-7-9-14-23)38-29-19-25(48-5)17-18-27(29)31/h9,13,17-19,21,24-27,29,31,35H,5-8,10-12,14-16,20,22-23H2,1-4H3,(H,42,44)(H,45,50)(H,46,48)(H,51,52);7-9,13-14,17-19,21,24,26,30,32-33H,6,10-12,15-16,20,22H2,1-5H3,(H,39,42)(H,40,44)(H2,45,46,47)/b13-9-;/t26-,29-,31+,35+,41+;26-,30+,32?,33-/m11/s1. The maximum absolute atomic E-state index is 14.7. The third kappa shape index (κ3) is 20.2. The van der Waals surface area contributed by atoms with E-state index in [0.29, 0.717) is 81.1 Å². The first-order valence-electron chi connectivity index (χ1n) is 38.0. The van der Waals surface area contributed by atoms with Crippen LogP contribution >= 0.6 is 26.5 Å². The van der Waals surface area contributed by atoms with Gasteiger partial charge in [-0.1, -0.05) is 89.4 Å². The van der Waals surface area contributed by atoms with Crippen molar-refractivity contribution in [1.29, 1.82) is 0 Å². The van der Waals surface area contributed by atoms with Crippen LogP contribution in [0.4, 0.5) is 14.7 Å². The van der Waals surface area contributed by atoms with E-state index in [1.165, 1.54) is 21.1 Å². The Hall–Kier alpha value is -8.43. The number of nitrogens with zero attached hydrogens (tertiary/aromatic N) is 5. The van der Waals surface area contributed by atoms with Crippen molar-refractivity contribution < 1.29 is 85.5 Å². The highest BCUT2D eigenvalue weighted by atomic mass is 32.1. The molecule has 28 nitrogen and oxygen atoms in total. The van der Waals surface area contributed by atoms with Gasteiger partial charge in [0.15, 0.2) is 5.13 Å². The highest BCUT2D eigenvalue weighted by Crippen LogP contribution is 2.70. The average molecular weight is 1560 g/mol. The summed E-state index contributed by atoms with van der Waals surface area (Å²) in [5.74, 6) is -1.95. The van der Waals surface area contributed by atoms with Gasteiger partial charge in [0.05, 0.1) is 56.3 Å². The Morgan fingerprint density at radius 2 is 1.32 bits per heavy atom. The van der Waals surface area contributed by atoms with Crippen molar-refractivity contribution >= 4 is 89.3 Å². The molecule has 31 heteroatoms. The quantitative estimate of drug-likeness (QED) is 0.0218. The van der Waals surface area contributed by atoms with Crippen LogP contribution < -0.4 is 45.5 Å². The van der Waals surface area contributed by atoms with Crippen LogP contribution in [0.1, 0.15) is 164 Å². The summed E-state index contributed by atoms with van der Waals surface area (Å²) >= 11 is 1.47. The second-order valence-corrected chi connectivity index (χ2v) is 35.1. The van der Waals surface area contributed by atoms with Crippen molar-refractivity contribution in [2.24, 2.45) is 11.3 Å². The number of amides is 6. The van der Waals surface area contributed by atoms with Gasteiger partial charge < -0.3 is 84.0 Å². The molecule has 6 heterocycles. The fourth-order valence-electron chi connectivity index (χ4n) is 15.0. The lowest BCUT2D eigenvalue weighted by Crippen LogP contribution is -2.58. The minimum atomic E-state index is -4.71. The van der Waals surface area contributed by atoms with E-state index < -0.39 is 110 Å². The number of aromatic nitrogens is 3. The lowest BCUT2D eigenvalue weighted by atomic mass is 9.85. The van der Waals surface area contributed by atoms with E-state index in [0.717, 1.165) is 81.3 Å². The summed E-state index contributed by atoms with van der Waals surface area (Å²) in [7, 11) is -5.89. The predicted molar refractivity (Wildman–Crippen MR) is 413 cm³/mol. The molecule has 12 rings (SSSR count). The minimum absolute atomic E-state index is 0.0136. The summed E-state index contributed by atoms with van der Waals surface area (Å²) < 4.78 is 67.1. The number of hydrogen-bond acceptors (Lipinski definition) is 20. The van der Waals surface area contributed by atoms with E-state index in [9.17, 15) is 52.6 Å². The molecule has 3 aliphatic carbocycles. The van der Waals surface area contributed by atoms with Gasteiger partial charge in [-0.15, -0.1) is 11.3 Å². The molecule has 590 valence electrons. The second-order valence-electron chi connectivity index (χ2n) is 30.3. The predicted octanol–water partition coefficient (Wildman–Crippen LogP) is 12.9. The van der Waals surface area contributed by atoms with Gasteiger partial charge in [-0.05, 0) is 134 Å². The van der Waals surface area contributed by atoms with E-state index in [-0.39, 0.29) is 63.6 Å². The van der Waals surface area contributed by atoms with Crippen molar-refractivity contribution in [1.82, 2.24) is 46.0 Å². The number of methoxy groups -OCH3 is 2. The number of likely N-dealkylation sites (tertiary alicyclic amines) is 1. The fourth-order valence-corrected chi connectivity index (χ4v) is 18.5. The summed E-state index contributed by atoms with van der Waals surface area (Å²) in [6.07, 6.45) is 11.8. The van der Waals surface area contributed by atoms with Crippen LogP contribution in [-0.2, 0) is 42.3 Å². The number of allylic oxidation sites excluding steroid dienone is 1. The Morgan fingerprint density at radius 1 is 0.716 bits per heavy atom. The maximum atomic E-state index is 14.7. The van der Waals surface area contributed by atoms with Crippen LogP contribution in [0.25, 0.3) is 44.5 Å². The summed E-state index contributed by atoms with van der Waals surface area (Å²) in [5.41, 5.74) is 3.16. The normalized spacial score (nSPS) is 23.5. The van der Waals surface area contributed by atoms with Crippen molar-refractivity contribution in [3.8, 4) is 45.6 Å². The van der Waals surface area contributed by atoms with E-state index >= 15 is 0 Å². The molecule has 0 radical (unpaired) electrons. The number of nitrogens with one attached hydrogen (secondary N) is 5.